The minimum Gasteiger partial charge on any atom is -0.478 e. The molecule has 4 rings (SSSR count). The molecule has 2 aromatic rings. The van der Waals surface area contributed by atoms with E-state index in [-0.39, 0.29) is 5.56 Å². The molecule has 0 bridgehead atoms. The molecule has 2 aliphatic rings. The van der Waals surface area contributed by atoms with Crippen LogP contribution in [0.1, 0.15) is 32.9 Å². The number of carbonyl (C=O) groups is 1. The molecule has 0 saturated carbocycles. The first-order valence-corrected chi connectivity index (χ1v) is 7.09. The van der Waals surface area contributed by atoms with Crippen LogP contribution in [0.25, 0.3) is 17.0 Å². The normalized spacial score (nSPS) is 12.8. The van der Waals surface area contributed by atoms with E-state index < -0.39 is 5.97 Å². The molecule has 5 heteroatoms. The van der Waals surface area contributed by atoms with E-state index in [4.69, 9.17) is 11.7 Å². The topological polar surface area (TPSA) is 67.4 Å². The highest BCUT2D eigenvalue weighted by molar-refractivity contribution is 5.88. The van der Waals surface area contributed by atoms with Gasteiger partial charge in [-0.2, -0.15) is 0 Å². The van der Waals surface area contributed by atoms with Gasteiger partial charge in [0, 0.05) is 30.9 Å². The Morgan fingerprint density at radius 2 is 1.65 bits per heavy atom. The lowest BCUT2D eigenvalue weighted by Gasteiger charge is -1.98. The molecule has 0 atom stereocenters. The second kappa shape index (κ2) is 6.24. The molecule has 2 heterocycles. The molecule has 0 fully saturated rings. The summed E-state index contributed by atoms with van der Waals surface area (Å²) in [5.41, 5.74) is 4.93. The third-order valence-corrected chi connectivity index (χ3v) is 3.59. The monoisotopic (exact) mass is 303 g/mol. The summed E-state index contributed by atoms with van der Waals surface area (Å²) in [5, 5.41) is 8.65. The quantitative estimate of drug-likeness (QED) is 0.818. The van der Waals surface area contributed by atoms with E-state index in [0.29, 0.717) is 5.69 Å². The fraction of sp³-hybridized carbons (Fsp3) is 0.111. The standard InChI is InChI=1S/C9H6N2.C9H7NO2/c1-10-8-5-7-3-2-4-9(7)11-6-8;11-9(12)7-4-6-2-1-3-8(6)10-5-7/h2-3,5-6H,4H2;1-2,4-5H,3H2,(H,11,12). The largest absolute Gasteiger partial charge is 0.478 e. The van der Waals surface area contributed by atoms with Crippen LogP contribution in [0.4, 0.5) is 5.69 Å². The van der Waals surface area contributed by atoms with Gasteiger partial charge in [-0.3, -0.25) is 9.97 Å². The molecule has 5 nitrogen and oxygen atoms in total. The highest BCUT2D eigenvalue weighted by atomic mass is 16.4. The fourth-order valence-corrected chi connectivity index (χ4v) is 2.41. The Balaban J connectivity index is 0.000000136. The number of carboxylic acid groups (broad SMARTS) is 1. The number of hydrogen-bond donors (Lipinski definition) is 1. The van der Waals surface area contributed by atoms with Gasteiger partial charge in [0.05, 0.1) is 17.8 Å². The van der Waals surface area contributed by atoms with Crippen LogP contribution in [0.5, 0.6) is 0 Å². The number of aromatic carboxylic acids is 1. The highest BCUT2D eigenvalue weighted by Crippen LogP contribution is 2.21. The Hall–Kier alpha value is -3.26. The molecule has 112 valence electrons. The average Bonchev–Trinajstić information content (AvgIpc) is 3.22. The third-order valence-electron chi connectivity index (χ3n) is 3.59. The molecule has 0 unspecified atom stereocenters. The summed E-state index contributed by atoms with van der Waals surface area (Å²) in [7, 11) is 0. The molecular weight excluding hydrogens is 290 g/mol. The van der Waals surface area contributed by atoms with E-state index in [0.717, 1.165) is 35.4 Å². The van der Waals surface area contributed by atoms with E-state index in [1.54, 1.807) is 12.3 Å². The van der Waals surface area contributed by atoms with Crippen molar-refractivity contribution < 1.29 is 9.90 Å². The van der Waals surface area contributed by atoms with Gasteiger partial charge in [-0.25, -0.2) is 9.64 Å². The number of carboxylic acids is 1. The first-order chi connectivity index (χ1) is 11.2. The van der Waals surface area contributed by atoms with E-state index >= 15 is 0 Å². The summed E-state index contributed by atoms with van der Waals surface area (Å²) in [5.74, 6) is -0.925. The smallest absolute Gasteiger partial charge is 0.337 e. The number of pyridine rings is 2. The summed E-state index contributed by atoms with van der Waals surface area (Å²) in [6, 6.07) is 3.52. The van der Waals surface area contributed by atoms with Crippen LogP contribution >= 0.6 is 0 Å². The second-order valence-electron chi connectivity index (χ2n) is 5.12. The number of fused-ring (bicyclic) bond motifs is 2. The van der Waals surface area contributed by atoms with Crippen LogP contribution in [0, 0.1) is 6.57 Å². The highest BCUT2D eigenvalue weighted by Gasteiger charge is 2.10. The average molecular weight is 303 g/mol. The van der Waals surface area contributed by atoms with E-state index in [9.17, 15) is 4.79 Å². The summed E-state index contributed by atoms with van der Waals surface area (Å²) in [6.07, 6.45) is 12.7. The lowest BCUT2D eigenvalue weighted by atomic mass is 10.2. The Bertz CT molecular complexity index is 876. The van der Waals surface area contributed by atoms with Crippen molar-refractivity contribution in [1.29, 1.82) is 0 Å². The maximum Gasteiger partial charge on any atom is 0.337 e. The third kappa shape index (κ3) is 3.16. The van der Waals surface area contributed by atoms with Gasteiger partial charge in [0.15, 0.2) is 0 Å². The molecule has 2 aromatic heterocycles. The minimum absolute atomic E-state index is 0.250. The summed E-state index contributed by atoms with van der Waals surface area (Å²) in [6.45, 7) is 6.77. The lowest BCUT2D eigenvalue weighted by Crippen LogP contribution is -1.99. The summed E-state index contributed by atoms with van der Waals surface area (Å²) >= 11 is 0. The van der Waals surface area contributed by atoms with Gasteiger partial charge in [0.1, 0.15) is 0 Å². The fourth-order valence-electron chi connectivity index (χ4n) is 2.41. The number of rotatable bonds is 1. The van der Waals surface area contributed by atoms with Crippen molar-refractivity contribution in [3.63, 3.8) is 0 Å². The van der Waals surface area contributed by atoms with Gasteiger partial charge in [0.25, 0.3) is 0 Å². The second-order valence-corrected chi connectivity index (χ2v) is 5.12. The van der Waals surface area contributed by atoms with Crippen molar-refractivity contribution in [2.24, 2.45) is 0 Å². The molecule has 0 amide bonds. The zero-order valence-corrected chi connectivity index (χ0v) is 12.2. The number of allylic oxidation sites excluding steroid dienone is 2. The van der Waals surface area contributed by atoms with Crippen molar-refractivity contribution >= 4 is 23.8 Å². The van der Waals surface area contributed by atoms with Crippen LogP contribution in [-0.4, -0.2) is 21.0 Å². The van der Waals surface area contributed by atoms with Gasteiger partial charge in [0.2, 0.25) is 5.69 Å². The van der Waals surface area contributed by atoms with Crippen LogP contribution in [0.2, 0.25) is 0 Å². The molecule has 1 N–H and O–H groups in total. The Labute approximate surface area is 133 Å². The number of nitrogens with zero attached hydrogens (tertiary/aromatic N) is 3. The van der Waals surface area contributed by atoms with E-state index in [1.165, 1.54) is 6.20 Å². The van der Waals surface area contributed by atoms with Crippen molar-refractivity contribution in [3.8, 4) is 0 Å². The molecule has 0 radical (unpaired) electrons. The Morgan fingerprint density at radius 1 is 1.04 bits per heavy atom. The molecule has 23 heavy (non-hydrogen) atoms. The van der Waals surface area contributed by atoms with Gasteiger partial charge < -0.3 is 5.11 Å². The maximum atomic E-state index is 10.5. The predicted octanol–water partition coefficient (Wildman–Crippen LogP) is 3.55. The zero-order valence-electron chi connectivity index (χ0n) is 12.2. The van der Waals surface area contributed by atoms with Gasteiger partial charge in [-0.15, -0.1) is 0 Å². The number of hydrogen-bond acceptors (Lipinski definition) is 3. The molecule has 0 spiro atoms. The van der Waals surface area contributed by atoms with Crippen LogP contribution in [0.3, 0.4) is 0 Å². The van der Waals surface area contributed by atoms with Crippen molar-refractivity contribution in [1.82, 2.24) is 9.97 Å². The minimum atomic E-state index is -0.925. The van der Waals surface area contributed by atoms with Gasteiger partial charge in [-0.1, -0.05) is 24.3 Å². The Morgan fingerprint density at radius 3 is 2.26 bits per heavy atom. The molecular formula is C18H13N3O2. The zero-order chi connectivity index (χ0) is 16.2. The summed E-state index contributed by atoms with van der Waals surface area (Å²) in [4.78, 5) is 22.0. The first kappa shape index (κ1) is 14.7. The molecule has 0 saturated heterocycles. The van der Waals surface area contributed by atoms with E-state index in [2.05, 4.69) is 20.9 Å². The van der Waals surface area contributed by atoms with Crippen molar-refractivity contribution in [2.45, 2.75) is 12.8 Å². The molecule has 2 aliphatic carbocycles. The van der Waals surface area contributed by atoms with Crippen LogP contribution in [-0.2, 0) is 12.8 Å². The SMILES string of the molecule is O=C(O)c1cnc2c(c1)C=CC2.[C-]#[N+]c1cnc2c(c1)C=CC2. The summed E-state index contributed by atoms with van der Waals surface area (Å²) < 4.78 is 0. The number of aromatic nitrogens is 2. The first-order valence-electron chi connectivity index (χ1n) is 7.09. The van der Waals surface area contributed by atoms with Gasteiger partial charge >= 0.3 is 5.97 Å². The Kier molecular flexibility index (Phi) is 3.98. The van der Waals surface area contributed by atoms with Crippen molar-refractivity contribution in [2.75, 3.05) is 0 Å². The molecule has 0 aromatic carbocycles. The molecule has 0 aliphatic heterocycles. The van der Waals surface area contributed by atoms with Gasteiger partial charge in [-0.05, 0) is 23.3 Å². The predicted molar refractivity (Wildman–Crippen MR) is 87.2 cm³/mol. The van der Waals surface area contributed by atoms with Crippen molar-refractivity contribution in [3.05, 3.63) is 76.2 Å². The maximum absolute atomic E-state index is 10.5. The van der Waals surface area contributed by atoms with E-state index in [1.807, 2.05) is 24.3 Å². The van der Waals surface area contributed by atoms with Crippen LogP contribution in [0.15, 0.2) is 36.7 Å². The van der Waals surface area contributed by atoms with Crippen LogP contribution < -0.4 is 0 Å². The lowest BCUT2D eigenvalue weighted by molar-refractivity contribution is 0.0696.